The van der Waals surface area contributed by atoms with Crippen LogP contribution in [0.25, 0.3) is 0 Å². The SMILES string of the molecule is Cc1ccccc1CC(C)NC(=O)c1nc[nH]c1C(=O)O. The van der Waals surface area contributed by atoms with Gasteiger partial charge in [0.05, 0.1) is 6.33 Å². The molecule has 1 heterocycles. The molecule has 3 N–H and O–H groups in total. The Bertz CT molecular complexity index is 664. The van der Waals surface area contributed by atoms with E-state index in [2.05, 4.69) is 15.3 Å². The van der Waals surface area contributed by atoms with Gasteiger partial charge in [-0.2, -0.15) is 0 Å². The second kappa shape index (κ2) is 6.21. The molecular formula is C15H17N3O3. The van der Waals surface area contributed by atoms with Crippen LogP contribution in [0.2, 0.25) is 0 Å². The number of H-pyrrole nitrogens is 1. The highest BCUT2D eigenvalue weighted by atomic mass is 16.4. The smallest absolute Gasteiger partial charge is 0.354 e. The Kier molecular flexibility index (Phi) is 4.37. The highest BCUT2D eigenvalue weighted by molar-refractivity contribution is 6.02. The number of hydrogen-bond acceptors (Lipinski definition) is 3. The van der Waals surface area contributed by atoms with E-state index in [0.717, 1.165) is 11.1 Å². The lowest BCUT2D eigenvalue weighted by Gasteiger charge is -2.14. The fourth-order valence-electron chi connectivity index (χ4n) is 2.14. The second-order valence-electron chi connectivity index (χ2n) is 4.94. The van der Waals surface area contributed by atoms with Crippen molar-refractivity contribution in [2.24, 2.45) is 0 Å². The Hall–Kier alpha value is -2.63. The largest absolute Gasteiger partial charge is 0.477 e. The molecule has 0 bridgehead atoms. The Morgan fingerprint density at radius 3 is 2.76 bits per heavy atom. The minimum absolute atomic E-state index is 0.0980. The van der Waals surface area contributed by atoms with E-state index in [0.29, 0.717) is 6.42 Å². The van der Waals surface area contributed by atoms with Crippen LogP contribution in [0, 0.1) is 6.92 Å². The van der Waals surface area contributed by atoms with Crippen molar-refractivity contribution in [3.05, 3.63) is 53.1 Å². The molecule has 6 heteroatoms. The molecule has 6 nitrogen and oxygen atoms in total. The van der Waals surface area contributed by atoms with Gasteiger partial charge in [-0.1, -0.05) is 24.3 Å². The molecule has 0 saturated heterocycles. The molecule has 0 aliphatic heterocycles. The summed E-state index contributed by atoms with van der Waals surface area (Å²) in [4.78, 5) is 29.2. The van der Waals surface area contributed by atoms with Gasteiger partial charge in [0.1, 0.15) is 0 Å². The fourth-order valence-corrected chi connectivity index (χ4v) is 2.14. The zero-order chi connectivity index (χ0) is 15.4. The first-order valence-electron chi connectivity index (χ1n) is 6.61. The number of aromatic nitrogens is 2. The van der Waals surface area contributed by atoms with Crippen LogP contribution in [0.4, 0.5) is 0 Å². The number of aromatic carboxylic acids is 1. The number of aryl methyl sites for hydroxylation is 1. The van der Waals surface area contributed by atoms with Gasteiger partial charge < -0.3 is 15.4 Å². The molecule has 0 aliphatic carbocycles. The minimum Gasteiger partial charge on any atom is -0.477 e. The number of benzene rings is 1. The van der Waals surface area contributed by atoms with E-state index in [4.69, 9.17) is 5.11 Å². The molecular weight excluding hydrogens is 270 g/mol. The van der Waals surface area contributed by atoms with E-state index in [1.165, 1.54) is 6.33 Å². The van der Waals surface area contributed by atoms with E-state index >= 15 is 0 Å². The summed E-state index contributed by atoms with van der Waals surface area (Å²) in [5.41, 5.74) is 2.00. The van der Waals surface area contributed by atoms with E-state index in [1.54, 1.807) is 0 Å². The van der Waals surface area contributed by atoms with Gasteiger partial charge in [0, 0.05) is 6.04 Å². The van der Waals surface area contributed by atoms with Crippen LogP contribution in [-0.2, 0) is 6.42 Å². The van der Waals surface area contributed by atoms with E-state index < -0.39 is 11.9 Å². The standard InChI is InChI=1S/C15H17N3O3/c1-9-5-3-4-6-11(9)7-10(2)18-14(19)12-13(15(20)21)17-8-16-12/h3-6,8,10H,7H2,1-2H3,(H,16,17)(H,18,19)(H,20,21). The first kappa shape index (κ1) is 14.8. The maximum absolute atomic E-state index is 12.1. The summed E-state index contributed by atoms with van der Waals surface area (Å²) < 4.78 is 0. The average Bonchev–Trinajstić information content (AvgIpc) is 2.91. The quantitative estimate of drug-likeness (QED) is 0.781. The highest BCUT2D eigenvalue weighted by Crippen LogP contribution is 2.10. The molecule has 1 unspecified atom stereocenters. The van der Waals surface area contributed by atoms with Gasteiger partial charge in [0.25, 0.3) is 5.91 Å². The van der Waals surface area contributed by atoms with Gasteiger partial charge in [-0.25, -0.2) is 9.78 Å². The fraction of sp³-hybridized carbons (Fsp3) is 0.267. The lowest BCUT2D eigenvalue weighted by atomic mass is 10.0. The molecule has 2 rings (SSSR count). The molecule has 0 spiro atoms. The van der Waals surface area contributed by atoms with Crippen LogP contribution >= 0.6 is 0 Å². The van der Waals surface area contributed by atoms with E-state index in [1.807, 2.05) is 38.1 Å². The summed E-state index contributed by atoms with van der Waals surface area (Å²) in [5, 5.41) is 11.7. The summed E-state index contributed by atoms with van der Waals surface area (Å²) in [6.07, 6.45) is 1.87. The third-order valence-corrected chi connectivity index (χ3v) is 3.23. The molecule has 1 atom stereocenters. The topological polar surface area (TPSA) is 95.1 Å². The summed E-state index contributed by atoms with van der Waals surface area (Å²) in [5.74, 6) is -1.70. The lowest BCUT2D eigenvalue weighted by Crippen LogP contribution is -2.35. The number of carboxylic acid groups (broad SMARTS) is 1. The van der Waals surface area contributed by atoms with E-state index in [9.17, 15) is 9.59 Å². The third kappa shape index (κ3) is 3.47. The van der Waals surface area contributed by atoms with Gasteiger partial charge in [-0.3, -0.25) is 4.79 Å². The van der Waals surface area contributed by atoms with Gasteiger partial charge in [-0.15, -0.1) is 0 Å². The molecule has 110 valence electrons. The number of aromatic amines is 1. The third-order valence-electron chi connectivity index (χ3n) is 3.23. The molecule has 0 aliphatic rings. The summed E-state index contributed by atoms with van der Waals surface area (Å²) >= 11 is 0. The summed E-state index contributed by atoms with van der Waals surface area (Å²) in [7, 11) is 0. The highest BCUT2D eigenvalue weighted by Gasteiger charge is 2.21. The number of carbonyl (C=O) groups is 2. The van der Waals surface area contributed by atoms with Crippen LogP contribution in [0.1, 0.15) is 39.0 Å². The average molecular weight is 287 g/mol. The Morgan fingerprint density at radius 1 is 1.38 bits per heavy atom. The molecule has 1 aromatic carbocycles. The van der Waals surface area contributed by atoms with Gasteiger partial charge in [0.15, 0.2) is 11.4 Å². The van der Waals surface area contributed by atoms with E-state index in [-0.39, 0.29) is 17.4 Å². The molecule has 2 aromatic rings. The van der Waals surface area contributed by atoms with Crippen LogP contribution in [0.15, 0.2) is 30.6 Å². The van der Waals surface area contributed by atoms with Crippen LogP contribution in [0.3, 0.4) is 0 Å². The second-order valence-corrected chi connectivity index (χ2v) is 4.94. The van der Waals surface area contributed by atoms with Crippen molar-refractivity contribution in [3.63, 3.8) is 0 Å². The maximum Gasteiger partial charge on any atom is 0.354 e. The number of nitrogens with zero attached hydrogens (tertiary/aromatic N) is 1. The van der Waals surface area contributed by atoms with Crippen LogP contribution in [-0.4, -0.2) is 33.0 Å². The van der Waals surface area contributed by atoms with Crippen molar-refractivity contribution in [2.45, 2.75) is 26.3 Å². The Labute approximate surface area is 122 Å². The normalized spacial score (nSPS) is 11.9. The first-order chi connectivity index (χ1) is 9.99. The molecule has 21 heavy (non-hydrogen) atoms. The van der Waals surface area contributed by atoms with Crippen molar-refractivity contribution in [1.29, 1.82) is 0 Å². The first-order valence-corrected chi connectivity index (χ1v) is 6.61. The molecule has 0 fully saturated rings. The number of carboxylic acids is 1. The summed E-state index contributed by atoms with van der Waals surface area (Å²) in [6, 6.07) is 7.81. The predicted molar refractivity (Wildman–Crippen MR) is 77.4 cm³/mol. The van der Waals surface area contributed by atoms with Crippen molar-refractivity contribution < 1.29 is 14.7 Å². The number of nitrogens with one attached hydrogen (secondary N) is 2. The van der Waals surface area contributed by atoms with Gasteiger partial charge >= 0.3 is 5.97 Å². The maximum atomic E-state index is 12.1. The van der Waals surface area contributed by atoms with Crippen molar-refractivity contribution >= 4 is 11.9 Å². The number of rotatable bonds is 5. The van der Waals surface area contributed by atoms with Crippen molar-refractivity contribution in [3.8, 4) is 0 Å². The Morgan fingerprint density at radius 2 is 2.10 bits per heavy atom. The zero-order valence-corrected chi connectivity index (χ0v) is 11.9. The number of hydrogen-bond donors (Lipinski definition) is 3. The monoisotopic (exact) mass is 287 g/mol. The predicted octanol–water partition coefficient (Wildman–Crippen LogP) is 1.78. The summed E-state index contributed by atoms with van der Waals surface area (Å²) in [6.45, 7) is 3.89. The lowest BCUT2D eigenvalue weighted by molar-refractivity contribution is 0.0684. The molecule has 0 saturated carbocycles. The molecule has 1 amide bonds. The van der Waals surface area contributed by atoms with Crippen LogP contribution in [0.5, 0.6) is 0 Å². The van der Waals surface area contributed by atoms with Crippen molar-refractivity contribution in [2.75, 3.05) is 0 Å². The minimum atomic E-state index is -1.20. The van der Waals surface area contributed by atoms with Crippen molar-refractivity contribution in [1.82, 2.24) is 15.3 Å². The van der Waals surface area contributed by atoms with Gasteiger partial charge in [0.2, 0.25) is 0 Å². The number of amides is 1. The number of carbonyl (C=O) groups excluding carboxylic acids is 1. The zero-order valence-electron chi connectivity index (χ0n) is 11.9. The van der Waals surface area contributed by atoms with Crippen LogP contribution < -0.4 is 5.32 Å². The molecule has 0 radical (unpaired) electrons. The number of imidazole rings is 1. The van der Waals surface area contributed by atoms with Gasteiger partial charge in [-0.05, 0) is 31.4 Å². The Balaban J connectivity index is 2.04. The molecule has 1 aromatic heterocycles.